The summed E-state index contributed by atoms with van der Waals surface area (Å²) in [5, 5.41) is 22.8. The number of nitro benzene ring substituents is 1. The topological polar surface area (TPSA) is 110 Å². The van der Waals surface area contributed by atoms with E-state index < -0.39 is 28.4 Å². The summed E-state index contributed by atoms with van der Waals surface area (Å²) < 4.78 is 5.54. The first-order chi connectivity index (χ1) is 16.3. The zero-order valence-corrected chi connectivity index (χ0v) is 18.7. The second-order valence-electron chi connectivity index (χ2n) is 7.46. The minimum Gasteiger partial charge on any atom is -0.507 e. The van der Waals surface area contributed by atoms with E-state index in [1.807, 2.05) is 6.92 Å². The minimum absolute atomic E-state index is 0.0502. The third-order valence-corrected chi connectivity index (χ3v) is 5.62. The van der Waals surface area contributed by atoms with Crippen LogP contribution in [0.2, 0.25) is 5.02 Å². The standard InChI is InChI=1S/C25H19ClN2O6/c1-2-34-20-8-4-6-18(14-20)27-22(15-9-11-17(26)12-10-15)21(24(30)25(27)31)23(29)16-5-3-7-19(13-16)28(32)33/h3-14,22,29H,2H2,1H3/b23-21-. The predicted octanol–water partition coefficient (Wildman–Crippen LogP) is 5.27. The summed E-state index contributed by atoms with van der Waals surface area (Å²) in [5.74, 6) is -1.76. The number of carbonyl (C=O) groups excluding carboxylic acids is 2. The summed E-state index contributed by atoms with van der Waals surface area (Å²) >= 11 is 6.04. The van der Waals surface area contributed by atoms with Gasteiger partial charge in [0.1, 0.15) is 11.5 Å². The van der Waals surface area contributed by atoms with Crippen molar-refractivity contribution in [3.05, 3.63) is 105 Å². The van der Waals surface area contributed by atoms with Gasteiger partial charge in [0.25, 0.3) is 17.4 Å². The molecular weight excluding hydrogens is 460 g/mol. The Morgan fingerprint density at radius 1 is 1.09 bits per heavy atom. The van der Waals surface area contributed by atoms with Crippen LogP contribution in [0.4, 0.5) is 11.4 Å². The lowest BCUT2D eigenvalue weighted by atomic mass is 9.95. The van der Waals surface area contributed by atoms with Gasteiger partial charge >= 0.3 is 0 Å². The van der Waals surface area contributed by atoms with Crippen molar-refractivity contribution in [1.82, 2.24) is 0 Å². The summed E-state index contributed by atoms with van der Waals surface area (Å²) in [6.45, 7) is 2.24. The summed E-state index contributed by atoms with van der Waals surface area (Å²) in [5.41, 5.74) is 0.526. The van der Waals surface area contributed by atoms with Gasteiger partial charge in [0.2, 0.25) is 0 Å². The number of hydrogen-bond acceptors (Lipinski definition) is 6. The van der Waals surface area contributed by atoms with Crippen LogP contribution < -0.4 is 9.64 Å². The molecule has 34 heavy (non-hydrogen) atoms. The van der Waals surface area contributed by atoms with Crippen LogP contribution in [0, 0.1) is 10.1 Å². The maximum Gasteiger partial charge on any atom is 0.300 e. The molecule has 172 valence electrons. The van der Waals surface area contributed by atoms with E-state index in [4.69, 9.17) is 16.3 Å². The van der Waals surface area contributed by atoms with E-state index in [1.54, 1.807) is 48.5 Å². The third kappa shape index (κ3) is 4.23. The van der Waals surface area contributed by atoms with Gasteiger partial charge in [-0.3, -0.25) is 24.6 Å². The number of carbonyl (C=O) groups is 2. The van der Waals surface area contributed by atoms with E-state index in [0.717, 1.165) is 6.07 Å². The molecule has 1 heterocycles. The quantitative estimate of drug-likeness (QED) is 0.170. The fourth-order valence-electron chi connectivity index (χ4n) is 3.87. The van der Waals surface area contributed by atoms with Gasteiger partial charge in [-0.2, -0.15) is 0 Å². The van der Waals surface area contributed by atoms with Crippen molar-refractivity contribution in [3.8, 4) is 5.75 Å². The van der Waals surface area contributed by atoms with Crippen molar-refractivity contribution in [2.75, 3.05) is 11.5 Å². The molecule has 4 rings (SSSR count). The highest BCUT2D eigenvalue weighted by Crippen LogP contribution is 2.43. The first-order valence-electron chi connectivity index (χ1n) is 10.4. The highest BCUT2D eigenvalue weighted by molar-refractivity contribution is 6.51. The molecule has 0 aliphatic carbocycles. The van der Waals surface area contributed by atoms with Crippen LogP contribution in [0.15, 0.2) is 78.4 Å². The van der Waals surface area contributed by atoms with Crippen molar-refractivity contribution in [3.63, 3.8) is 0 Å². The highest BCUT2D eigenvalue weighted by Gasteiger charge is 2.47. The van der Waals surface area contributed by atoms with Gasteiger partial charge in [-0.25, -0.2) is 0 Å². The number of ketones is 1. The van der Waals surface area contributed by atoms with Gasteiger partial charge in [-0.15, -0.1) is 0 Å². The molecule has 1 N–H and O–H groups in total. The first-order valence-corrected chi connectivity index (χ1v) is 10.7. The molecule has 3 aromatic carbocycles. The monoisotopic (exact) mass is 478 g/mol. The molecule has 0 radical (unpaired) electrons. The zero-order valence-electron chi connectivity index (χ0n) is 18.0. The van der Waals surface area contributed by atoms with E-state index >= 15 is 0 Å². The van der Waals surface area contributed by atoms with Crippen LogP contribution in [0.1, 0.15) is 24.1 Å². The number of aliphatic hydroxyl groups excluding tert-OH is 1. The Morgan fingerprint density at radius 2 is 1.79 bits per heavy atom. The third-order valence-electron chi connectivity index (χ3n) is 5.37. The van der Waals surface area contributed by atoms with Crippen LogP contribution in [-0.2, 0) is 9.59 Å². The number of aliphatic hydroxyl groups is 1. The zero-order chi connectivity index (χ0) is 24.4. The molecule has 0 spiro atoms. The second-order valence-corrected chi connectivity index (χ2v) is 7.89. The summed E-state index contributed by atoms with van der Waals surface area (Å²) in [6, 6.07) is 17.5. The molecule has 1 atom stereocenters. The van der Waals surface area contributed by atoms with Gasteiger partial charge in [-0.05, 0) is 36.8 Å². The average Bonchev–Trinajstić information content (AvgIpc) is 3.10. The smallest absolute Gasteiger partial charge is 0.300 e. The van der Waals surface area contributed by atoms with E-state index in [1.165, 1.54) is 23.1 Å². The van der Waals surface area contributed by atoms with Crippen LogP contribution in [0.5, 0.6) is 5.75 Å². The van der Waals surface area contributed by atoms with Gasteiger partial charge in [0, 0.05) is 34.5 Å². The lowest BCUT2D eigenvalue weighted by Gasteiger charge is -2.26. The number of rotatable bonds is 6. The largest absolute Gasteiger partial charge is 0.507 e. The number of nitro groups is 1. The predicted molar refractivity (Wildman–Crippen MR) is 127 cm³/mol. The average molecular weight is 479 g/mol. The van der Waals surface area contributed by atoms with Gasteiger partial charge < -0.3 is 9.84 Å². The lowest BCUT2D eigenvalue weighted by molar-refractivity contribution is -0.384. The molecule has 3 aromatic rings. The molecule has 9 heteroatoms. The molecule has 1 saturated heterocycles. The number of ether oxygens (including phenoxy) is 1. The Balaban J connectivity index is 1.93. The van der Waals surface area contributed by atoms with Crippen molar-refractivity contribution in [2.24, 2.45) is 0 Å². The molecule has 1 unspecified atom stereocenters. The molecule has 1 fully saturated rings. The van der Waals surface area contributed by atoms with Crippen LogP contribution in [-0.4, -0.2) is 28.3 Å². The Kier molecular flexibility index (Phi) is 6.34. The minimum atomic E-state index is -0.992. The van der Waals surface area contributed by atoms with Crippen LogP contribution >= 0.6 is 11.6 Å². The lowest BCUT2D eigenvalue weighted by Crippen LogP contribution is -2.29. The fraction of sp³-hybridized carbons (Fsp3) is 0.120. The molecular formula is C25H19ClN2O6. The molecule has 0 aromatic heterocycles. The molecule has 0 bridgehead atoms. The van der Waals surface area contributed by atoms with E-state index in [0.29, 0.717) is 28.6 Å². The van der Waals surface area contributed by atoms with E-state index in [2.05, 4.69) is 0 Å². The Bertz CT molecular complexity index is 1320. The number of non-ortho nitro benzene ring substituents is 1. The van der Waals surface area contributed by atoms with E-state index in [-0.39, 0.29) is 16.8 Å². The number of hydrogen-bond donors (Lipinski definition) is 1. The molecule has 1 aliphatic rings. The van der Waals surface area contributed by atoms with Crippen LogP contribution in [0.3, 0.4) is 0 Å². The van der Waals surface area contributed by atoms with Gasteiger partial charge in [0.05, 0.1) is 23.1 Å². The first kappa shape index (κ1) is 23.0. The summed E-state index contributed by atoms with van der Waals surface area (Å²) in [4.78, 5) is 38.3. The van der Waals surface area contributed by atoms with Crippen molar-refractivity contribution < 1.29 is 24.4 Å². The number of Topliss-reactive ketones (excluding diaryl/α,β-unsaturated/α-hetero) is 1. The maximum absolute atomic E-state index is 13.2. The summed E-state index contributed by atoms with van der Waals surface area (Å²) in [6.07, 6.45) is 0. The normalized spacial score (nSPS) is 17.1. The summed E-state index contributed by atoms with van der Waals surface area (Å²) in [7, 11) is 0. The number of nitrogens with zero attached hydrogens (tertiary/aromatic N) is 2. The Labute approximate surface area is 199 Å². The number of halogens is 1. The molecule has 1 amide bonds. The Morgan fingerprint density at radius 3 is 2.47 bits per heavy atom. The number of benzene rings is 3. The fourth-order valence-corrected chi connectivity index (χ4v) is 4.00. The maximum atomic E-state index is 13.2. The molecule has 1 aliphatic heterocycles. The van der Waals surface area contributed by atoms with Gasteiger partial charge in [-0.1, -0.05) is 41.9 Å². The SMILES string of the molecule is CCOc1cccc(N2C(=O)C(=O)/C(=C(\O)c3cccc([N+](=O)[O-])c3)C2c2ccc(Cl)cc2)c1. The van der Waals surface area contributed by atoms with Crippen LogP contribution in [0.25, 0.3) is 5.76 Å². The van der Waals surface area contributed by atoms with Crippen molar-refractivity contribution >= 4 is 40.4 Å². The van der Waals surface area contributed by atoms with Crippen molar-refractivity contribution in [1.29, 1.82) is 0 Å². The number of anilines is 1. The molecule has 8 nitrogen and oxygen atoms in total. The number of amides is 1. The Hall–Kier alpha value is -4.17. The van der Waals surface area contributed by atoms with E-state index in [9.17, 15) is 24.8 Å². The molecule has 0 saturated carbocycles. The van der Waals surface area contributed by atoms with Crippen molar-refractivity contribution in [2.45, 2.75) is 13.0 Å². The van der Waals surface area contributed by atoms with Gasteiger partial charge in [0.15, 0.2) is 0 Å². The highest BCUT2D eigenvalue weighted by atomic mass is 35.5. The second kappa shape index (κ2) is 9.36.